The molecular weight excluding hydrogens is 396 g/mol. The number of hydrogen-bond acceptors (Lipinski definition) is 6. The topological polar surface area (TPSA) is 86.8 Å². The minimum absolute atomic E-state index is 0.156. The zero-order valence-corrected chi connectivity index (χ0v) is 17.1. The number of nitrogens with zero attached hydrogens (tertiary/aromatic N) is 1. The molecule has 0 unspecified atom stereocenters. The summed E-state index contributed by atoms with van der Waals surface area (Å²) < 4.78 is 16.2. The summed E-state index contributed by atoms with van der Waals surface area (Å²) in [5.41, 5.74) is 1.08. The molecule has 0 radical (unpaired) electrons. The highest BCUT2D eigenvalue weighted by Gasteiger charge is 2.09. The smallest absolute Gasteiger partial charge is 0.331 e. The van der Waals surface area contributed by atoms with Crippen LogP contribution in [0.2, 0.25) is 5.15 Å². The van der Waals surface area contributed by atoms with Crippen LogP contribution in [0, 0.1) is 0 Å². The van der Waals surface area contributed by atoms with Crippen molar-refractivity contribution in [1.29, 1.82) is 0 Å². The number of ether oxygens (including phenoxy) is 3. The quantitative estimate of drug-likeness (QED) is 0.355. The molecule has 1 aromatic carbocycles. The molecule has 7 nitrogen and oxygen atoms in total. The molecule has 1 heterocycles. The number of hydrogen-bond donors (Lipinski definition) is 1. The van der Waals surface area contributed by atoms with E-state index in [1.54, 1.807) is 36.4 Å². The predicted molar refractivity (Wildman–Crippen MR) is 111 cm³/mol. The minimum Gasteiger partial charge on any atom is -0.490 e. The van der Waals surface area contributed by atoms with Gasteiger partial charge in [0.25, 0.3) is 5.91 Å². The summed E-state index contributed by atoms with van der Waals surface area (Å²) in [7, 11) is 0. The van der Waals surface area contributed by atoms with Crippen LogP contribution >= 0.6 is 11.6 Å². The summed E-state index contributed by atoms with van der Waals surface area (Å²) in [4.78, 5) is 27.6. The lowest BCUT2D eigenvalue weighted by Crippen LogP contribution is -2.20. The maximum Gasteiger partial charge on any atom is 0.331 e. The molecule has 1 N–H and O–H groups in total. The Bertz CT molecular complexity index is 870. The Morgan fingerprint density at radius 1 is 1.17 bits per heavy atom. The van der Waals surface area contributed by atoms with Crippen molar-refractivity contribution in [2.24, 2.45) is 0 Å². The Balaban J connectivity index is 1.90. The second-order valence-electron chi connectivity index (χ2n) is 5.82. The van der Waals surface area contributed by atoms with Crippen LogP contribution in [-0.2, 0) is 14.3 Å². The number of rotatable bonds is 10. The van der Waals surface area contributed by atoms with Crippen molar-refractivity contribution in [2.75, 3.05) is 25.1 Å². The van der Waals surface area contributed by atoms with Gasteiger partial charge in [0.15, 0.2) is 23.3 Å². The average Bonchev–Trinajstić information content (AvgIpc) is 2.72. The van der Waals surface area contributed by atoms with Gasteiger partial charge in [-0.2, -0.15) is 0 Å². The van der Waals surface area contributed by atoms with Crippen molar-refractivity contribution in [2.45, 2.75) is 20.3 Å². The minimum atomic E-state index is -0.651. The van der Waals surface area contributed by atoms with E-state index >= 15 is 0 Å². The Labute approximate surface area is 174 Å². The van der Waals surface area contributed by atoms with Gasteiger partial charge in [0.1, 0.15) is 0 Å². The van der Waals surface area contributed by atoms with E-state index in [1.165, 1.54) is 12.3 Å². The number of amides is 1. The lowest BCUT2D eigenvalue weighted by Gasteiger charge is -2.12. The number of esters is 1. The Morgan fingerprint density at radius 3 is 2.72 bits per heavy atom. The maximum atomic E-state index is 11.9. The zero-order chi connectivity index (χ0) is 21.1. The summed E-state index contributed by atoms with van der Waals surface area (Å²) in [5.74, 6) is 0.0859. The van der Waals surface area contributed by atoms with Crippen LogP contribution in [0.15, 0.2) is 42.6 Å². The highest BCUT2D eigenvalue weighted by Crippen LogP contribution is 2.29. The first kappa shape index (κ1) is 22.2. The van der Waals surface area contributed by atoms with Gasteiger partial charge in [0, 0.05) is 12.3 Å². The summed E-state index contributed by atoms with van der Waals surface area (Å²) in [6.07, 6.45) is 5.20. The lowest BCUT2D eigenvalue weighted by atomic mass is 10.2. The van der Waals surface area contributed by atoms with Crippen molar-refractivity contribution in [3.05, 3.63) is 53.3 Å². The molecule has 0 bridgehead atoms. The number of benzene rings is 1. The van der Waals surface area contributed by atoms with Gasteiger partial charge in [-0.3, -0.25) is 4.79 Å². The molecule has 0 aliphatic heterocycles. The highest BCUT2D eigenvalue weighted by atomic mass is 35.5. The van der Waals surface area contributed by atoms with E-state index in [0.29, 0.717) is 30.4 Å². The lowest BCUT2D eigenvalue weighted by molar-refractivity contribution is -0.142. The van der Waals surface area contributed by atoms with Gasteiger partial charge in [-0.15, -0.1) is 0 Å². The number of anilines is 1. The third-order valence-electron chi connectivity index (χ3n) is 3.52. The van der Waals surface area contributed by atoms with Gasteiger partial charge in [-0.25, -0.2) is 9.78 Å². The molecular formula is C21H23ClN2O5. The van der Waals surface area contributed by atoms with E-state index in [2.05, 4.69) is 10.3 Å². The van der Waals surface area contributed by atoms with Gasteiger partial charge in [0.2, 0.25) is 0 Å². The summed E-state index contributed by atoms with van der Waals surface area (Å²) in [6, 6.07) is 8.59. The van der Waals surface area contributed by atoms with Crippen molar-refractivity contribution in [1.82, 2.24) is 4.98 Å². The van der Waals surface area contributed by atoms with E-state index in [0.717, 1.165) is 12.0 Å². The van der Waals surface area contributed by atoms with Gasteiger partial charge in [0.05, 0.1) is 18.9 Å². The fourth-order valence-electron chi connectivity index (χ4n) is 2.24. The van der Waals surface area contributed by atoms with Crippen molar-refractivity contribution < 1.29 is 23.8 Å². The van der Waals surface area contributed by atoms with Gasteiger partial charge < -0.3 is 19.5 Å². The van der Waals surface area contributed by atoms with E-state index in [9.17, 15) is 9.59 Å². The first-order valence-corrected chi connectivity index (χ1v) is 9.56. The molecule has 0 saturated heterocycles. The standard InChI is InChI=1S/C21H23ClN2O5/c1-3-12-28-17-9-7-15(13-18(17)27-4-2)8-10-20(26)29-14-19(25)24-16-6-5-11-23-21(16)22/h5-11,13H,3-4,12,14H2,1-2H3,(H,24,25)/b10-8+. The van der Waals surface area contributed by atoms with Crippen molar-refractivity contribution >= 4 is 35.2 Å². The third kappa shape index (κ3) is 7.46. The third-order valence-corrected chi connectivity index (χ3v) is 3.82. The second kappa shape index (κ2) is 11.7. The molecule has 1 aromatic heterocycles. The van der Waals surface area contributed by atoms with E-state index in [-0.39, 0.29) is 5.15 Å². The van der Waals surface area contributed by atoms with Crippen LogP contribution in [0.5, 0.6) is 11.5 Å². The van der Waals surface area contributed by atoms with E-state index < -0.39 is 18.5 Å². The molecule has 2 rings (SSSR count). The number of pyridine rings is 1. The molecule has 154 valence electrons. The van der Waals surface area contributed by atoms with Crippen LogP contribution in [0.3, 0.4) is 0 Å². The summed E-state index contributed by atoms with van der Waals surface area (Å²) in [5, 5.41) is 2.67. The molecule has 0 aliphatic carbocycles. The predicted octanol–water partition coefficient (Wildman–Crippen LogP) is 4.12. The first-order chi connectivity index (χ1) is 14.0. The van der Waals surface area contributed by atoms with Crippen molar-refractivity contribution in [3.8, 4) is 11.5 Å². The van der Waals surface area contributed by atoms with E-state index in [1.807, 2.05) is 13.8 Å². The molecule has 8 heteroatoms. The van der Waals surface area contributed by atoms with Crippen LogP contribution < -0.4 is 14.8 Å². The van der Waals surface area contributed by atoms with Crippen molar-refractivity contribution in [3.63, 3.8) is 0 Å². The zero-order valence-electron chi connectivity index (χ0n) is 16.3. The van der Waals surface area contributed by atoms with Crippen LogP contribution in [-0.4, -0.2) is 36.7 Å². The van der Waals surface area contributed by atoms with Crippen LogP contribution in [0.25, 0.3) is 6.08 Å². The summed E-state index contributed by atoms with van der Waals surface area (Å²) >= 11 is 5.86. The maximum absolute atomic E-state index is 11.9. The number of halogens is 1. The first-order valence-electron chi connectivity index (χ1n) is 9.18. The molecule has 0 spiro atoms. The molecule has 2 aromatic rings. The van der Waals surface area contributed by atoms with Gasteiger partial charge >= 0.3 is 5.97 Å². The highest BCUT2D eigenvalue weighted by molar-refractivity contribution is 6.32. The van der Waals surface area contributed by atoms with Crippen LogP contribution in [0.1, 0.15) is 25.8 Å². The van der Waals surface area contributed by atoms with E-state index in [4.69, 9.17) is 25.8 Å². The van der Waals surface area contributed by atoms with Gasteiger partial charge in [-0.1, -0.05) is 24.6 Å². The Kier molecular flexibility index (Phi) is 8.98. The average molecular weight is 419 g/mol. The number of aromatic nitrogens is 1. The fraction of sp³-hybridized carbons (Fsp3) is 0.286. The number of carbonyl (C=O) groups excluding carboxylic acids is 2. The molecule has 0 fully saturated rings. The Hall–Kier alpha value is -3.06. The fourth-order valence-corrected chi connectivity index (χ4v) is 2.41. The molecule has 29 heavy (non-hydrogen) atoms. The molecule has 1 amide bonds. The molecule has 0 atom stereocenters. The largest absolute Gasteiger partial charge is 0.490 e. The van der Waals surface area contributed by atoms with Crippen LogP contribution in [0.4, 0.5) is 5.69 Å². The monoisotopic (exact) mass is 418 g/mol. The SMILES string of the molecule is CCCOc1ccc(/C=C/C(=O)OCC(=O)Nc2cccnc2Cl)cc1OCC. The second-order valence-corrected chi connectivity index (χ2v) is 6.18. The Morgan fingerprint density at radius 2 is 2.00 bits per heavy atom. The molecule has 0 aliphatic rings. The number of carbonyl (C=O) groups is 2. The normalized spacial score (nSPS) is 10.6. The molecule has 0 saturated carbocycles. The summed E-state index contributed by atoms with van der Waals surface area (Å²) in [6.45, 7) is 4.55. The number of nitrogens with one attached hydrogen (secondary N) is 1. The van der Waals surface area contributed by atoms with Gasteiger partial charge in [-0.05, 0) is 49.2 Å².